The summed E-state index contributed by atoms with van der Waals surface area (Å²) >= 11 is 2.71. The lowest BCUT2D eigenvalue weighted by Crippen LogP contribution is -2.31. The number of benzene rings is 3. The van der Waals surface area contributed by atoms with E-state index in [0.29, 0.717) is 38.1 Å². The van der Waals surface area contributed by atoms with Crippen LogP contribution in [0.15, 0.2) is 92.9 Å². The molecule has 11 heteroatoms. The minimum atomic E-state index is -0.978. The molecule has 1 atom stereocenters. The number of carbonyl (C=O) groups is 2. The van der Waals surface area contributed by atoms with Crippen LogP contribution in [0.2, 0.25) is 0 Å². The number of carbonyl (C=O) groups excluding carboxylic acids is 2. The number of nitrogens with zero attached hydrogens (tertiary/aromatic N) is 3. The highest BCUT2D eigenvalue weighted by molar-refractivity contribution is 8.00. The molecule has 2 aromatic heterocycles. The number of aryl methyl sites for hydroxylation is 1. The number of methoxy groups -OCH3 is 2. The highest BCUT2D eigenvalue weighted by atomic mass is 32.2. The number of amides is 1. The number of fused-ring (bicyclic) bond motifs is 1. The van der Waals surface area contributed by atoms with E-state index in [-0.39, 0.29) is 16.5 Å². The van der Waals surface area contributed by atoms with Gasteiger partial charge in [-0.05, 0) is 42.3 Å². The molecule has 0 saturated heterocycles. The predicted molar refractivity (Wildman–Crippen MR) is 161 cm³/mol. The van der Waals surface area contributed by atoms with Crippen molar-refractivity contribution in [2.45, 2.75) is 23.1 Å². The Hall–Kier alpha value is -4.61. The molecule has 1 aliphatic rings. The van der Waals surface area contributed by atoms with Gasteiger partial charge < -0.3 is 19.0 Å². The van der Waals surface area contributed by atoms with E-state index in [9.17, 15) is 14.7 Å². The summed E-state index contributed by atoms with van der Waals surface area (Å²) in [6, 6.07) is 21.0. The topological polar surface area (TPSA) is 115 Å². The van der Waals surface area contributed by atoms with Crippen molar-refractivity contribution in [2.75, 3.05) is 19.1 Å². The average molecular weight is 600 g/mol. The van der Waals surface area contributed by atoms with Crippen LogP contribution in [0.3, 0.4) is 0 Å². The number of hydrogen-bond donors (Lipinski definition) is 1. The largest absolute Gasteiger partial charge is 0.503 e. The minimum absolute atomic E-state index is 0.0317. The van der Waals surface area contributed by atoms with Crippen LogP contribution in [0.1, 0.15) is 33.3 Å². The van der Waals surface area contributed by atoms with E-state index < -0.39 is 23.5 Å². The van der Waals surface area contributed by atoms with Gasteiger partial charge in [0.15, 0.2) is 27.2 Å². The third-order valence-corrected chi connectivity index (χ3v) is 9.05. The number of aliphatic hydroxyl groups excluding tert-OH is 1. The van der Waals surface area contributed by atoms with Crippen LogP contribution in [0.5, 0.6) is 11.5 Å². The van der Waals surface area contributed by atoms with Gasteiger partial charge in [-0.2, -0.15) is 0 Å². The Balaban J connectivity index is 1.37. The molecule has 1 amide bonds. The molecule has 0 spiro atoms. The van der Waals surface area contributed by atoms with Crippen molar-refractivity contribution in [1.82, 2.24) is 10.2 Å². The fraction of sp³-hybridized carbons (Fsp3) is 0.161. The minimum Gasteiger partial charge on any atom is -0.503 e. The quantitative estimate of drug-likeness (QED) is 0.112. The fourth-order valence-corrected chi connectivity index (χ4v) is 6.59. The highest BCUT2D eigenvalue weighted by Gasteiger charge is 2.47. The van der Waals surface area contributed by atoms with Crippen molar-refractivity contribution >= 4 is 50.9 Å². The number of Topliss-reactive ketones (excluding diaryl/α,β-unsaturated/α-hetero) is 1. The predicted octanol–water partition coefficient (Wildman–Crippen LogP) is 6.69. The van der Waals surface area contributed by atoms with Gasteiger partial charge in [-0.25, -0.2) is 0 Å². The molecule has 1 aliphatic heterocycles. The Bertz CT molecular complexity index is 1830. The number of hydrogen-bond acceptors (Lipinski definition) is 10. The summed E-state index contributed by atoms with van der Waals surface area (Å²) in [4.78, 5) is 28.8. The first-order valence-electron chi connectivity index (χ1n) is 12.9. The van der Waals surface area contributed by atoms with E-state index in [1.54, 1.807) is 55.6 Å². The molecule has 0 bridgehead atoms. The smallest absolute Gasteiger partial charge is 0.296 e. The van der Waals surface area contributed by atoms with Crippen LogP contribution in [-0.2, 0) is 10.5 Å². The number of aliphatic hydroxyl groups is 1. The van der Waals surface area contributed by atoms with Crippen LogP contribution in [0.25, 0.3) is 11.0 Å². The van der Waals surface area contributed by atoms with Gasteiger partial charge in [-0.3, -0.25) is 14.5 Å². The number of furan rings is 1. The Morgan fingerprint density at radius 2 is 1.81 bits per heavy atom. The van der Waals surface area contributed by atoms with Gasteiger partial charge in [0.1, 0.15) is 5.75 Å². The normalized spacial score (nSPS) is 15.1. The van der Waals surface area contributed by atoms with E-state index in [1.807, 2.05) is 6.92 Å². The Morgan fingerprint density at radius 1 is 1.05 bits per heavy atom. The molecule has 1 unspecified atom stereocenters. The highest BCUT2D eigenvalue weighted by Crippen LogP contribution is 2.44. The van der Waals surface area contributed by atoms with Gasteiger partial charge in [0, 0.05) is 11.1 Å². The zero-order chi connectivity index (χ0) is 29.4. The third-order valence-electron chi connectivity index (χ3n) is 6.92. The molecular weight excluding hydrogens is 574 g/mol. The second kappa shape index (κ2) is 11.3. The fourth-order valence-electron chi connectivity index (χ4n) is 4.77. The summed E-state index contributed by atoms with van der Waals surface area (Å²) < 4.78 is 17.2. The second-order valence-corrected chi connectivity index (χ2v) is 11.7. The van der Waals surface area contributed by atoms with E-state index >= 15 is 0 Å². The Morgan fingerprint density at radius 3 is 2.52 bits per heavy atom. The maximum absolute atomic E-state index is 14.0. The summed E-state index contributed by atoms with van der Waals surface area (Å²) in [5, 5.41) is 20.6. The molecular formula is C31H25N3O6S2. The van der Waals surface area contributed by atoms with Gasteiger partial charge in [0.25, 0.3) is 5.91 Å². The van der Waals surface area contributed by atoms with Crippen LogP contribution in [0, 0.1) is 6.92 Å². The van der Waals surface area contributed by atoms with E-state index in [4.69, 9.17) is 13.9 Å². The zero-order valence-electron chi connectivity index (χ0n) is 22.9. The van der Waals surface area contributed by atoms with Crippen LogP contribution < -0.4 is 14.4 Å². The van der Waals surface area contributed by atoms with Crippen molar-refractivity contribution in [3.8, 4) is 11.5 Å². The molecule has 0 aliphatic carbocycles. The molecule has 212 valence electrons. The van der Waals surface area contributed by atoms with Crippen LogP contribution in [-0.4, -0.2) is 41.2 Å². The van der Waals surface area contributed by atoms with Crippen molar-refractivity contribution in [3.63, 3.8) is 0 Å². The third kappa shape index (κ3) is 5.01. The SMILES string of the molecule is COc1ccc(C2C(C(=O)c3cc4cccc(OC)c4o3)=C(O)C(=O)N2c2nnc(SCc3ccc(C)cc3)s2)cc1. The first-order chi connectivity index (χ1) is 20.4. The molecule has 9 nitrogen and oxygen atoms in total. The van der Waals surface area contributed by atoms with Crippen molar-refractivity contribution < 1.29 is 28.6 Å². The Kier molecular flexibility index (Phi) is 7.44. The van der Waals surface area contributed by atoms with Crippen LogP contribution in [0.4, 0.5) is 5.13 Å². The molecule has 0 fully saturated rings. The maximum atomic E-state index is 14.0. The van der Waals surface area contributed by atoms with Gasteiger partial charge in [-0.15, -0.1) is 10.2 Å². The number of para-hydroxylation sites is 1. The van der Waals surface area contributed by atoms with Gasteiger partial charge in [0.05, 0.1) is 25.8 Å². The molecule has 3 aromatic carbocycles. The lowest BCUT2D eigenvalue weighted by Gasteiger charge is -2.24. The maximum Gasteiger partial charge on any atom is 0.296 e. The summed E-state index contributed by atoms with van der Waals surface area (Å²) in [5.74, 6) is -0.336. The van der Waals surface area contributed by atoms with Crippen molar-refractivity contribution in [2.24, 2.45) is 0 Å². The average Bonchev–Trinajstić information content (AvgIpc) is 3.73. The zero-order valence-corrected chi connectivity index (χ0v) is 24.5. The lowest BCUT2D eigenvalue weighted by atomic mass is 9.95. The van der Waals surface area contributed by atoms with E-state index in [0.717, 1.165) is 5.56 Å². The Labute approximate surface area is 249 Å². The molecule has 0 radical (unpaired) electrons. The summed E-state index contributed by atoms with van der Waals surface area (Å²) in [6.07, 6.45) is 0. The molecule has 5 aromatic rings. The van der Waals surface area contributed by atoms with E-state index in [1.165, 1.54) is 40.7 Å². The molecule has 42 heavy (non-hydrogen) atoms. The first-order valence-corrected chi connectivity index (χ1v) is 14.7. The summed E-state index contributed by atoms with van der Waals surface area (Å²) in [6.45, 7) is 2.04. The second-order valence-electron chi connectivity index (χ2n) is 9.56. The number of aromatic nitrogens is 2. The summed E-state index contributed by atoms with van der Waals surface area (Å²) in [5.41, 5.74) is 3.16. The monoisotopic (exact) mass is 599 g/mol. The number of rotatable bonds is 9. The molecule has 3 heterocycles. The number of ether oxygens (including phenoxy) is 2. The van der Waals surface area contributed by atoms with Gasteiger partial charge in [-0.1, -0.05) is 77.2 Å². The number of thioether (sulfide) groups is 1. The number of anilines is 1. The summed E-state index contributed by atoms with van der Waals surface area (Å²) in [7, 11) is 3.06. The van der Waals surface area contributed by atoms with Crippen molar-refractivity contribution in [3.05, 3.63) is 107 Å². The van der Waals surface area contributed by atoms with Gasteiger partial charge >= 0.3 is 0 Å². The van der Waals surface area contributed by atoms with Crippen LogP contribution >= 0.6 is 23.1 Å². The molecule has 0 saturated carbocycles. The molecule has 6 rings (SSSR count). The first kappa shape index (κ1) is 27.6. The van der Waals surface area contributed by atoms with Crippen molar-refractivity contribution in [1.29, 1.82) is 0 Å². The number of ketones is 1. The lowest BCUT2D eigenvalue weighted by molar-refractivity contribution is -0.117. The molecule has 1 N–H and O–H groups in total. The standard InChI is InChI=1S/C31H25N3O6S2/c1-17-7-9-18(10-8-17)16-41-31-33-32-30(42-31)34-25(19-11-13-21(38-2)14-12-19)24(27(36)29(34)37)26(35)23-15-20-5-4-6-22(39-3)28(20)40-23/h4-15,25,36H,16H2,1-3H3. The van der Waals surface area contributed by atoms with E-state index in [2.05, 4.69) is 34.5 Å². The van der Waals surface area contributed by atoms with Gasteiger partial charge in [0.2, 0.25) is 10.9 Å².